The van der Waals surface area contributed by atoms with Gasteiger partial charge < -0.3 is 48.5 Å². The highest BCUT2D eigenvalue weighted by Crippen LogP contribution is 2.44. The topological polar surface area (TPSA) is 234 Å². The molecule has 0 aromatic carbocycles. The van der Waals surface area contributed by atoms with E-state index in [1.807, 2.05) is 0 Å². The molecule has 0 radical (unpaired) electrons. The summed E-state index contributed by atoms with van der Waals surface area (Å²) in [7, 11) is 1.82. The molecule has 18 nitrogen and oxygen atoms in total. The quantitative estimate of drug-likeness (QED) is 0.141. The third-order valence-corrected chi connectivity index (χ3v) is 9.16. The van der Waals surface area contributed by atoms with E-state index in [4.69, 9.17) is 37.9 Å². The number of carbonyl (C=O) groups excluding carboxylic acids is 8. The highest BCUT2D eigenvalue weighted by atomic mass is 33.1. The Kier molecular flexibility index (Phi) is 15.9. The Balaban J connectivity index is 2.57. The third kappa shape index (κ3) is 12.8. The molecule has 2 N–H and O–H groups in total. The molecule has 0 spiro atoms. The molecule has 0 aliphatic carbocycles. The van der Waals surface area contributed by atoms with Crippen molar-refractivity contribution >= 4 is 69.2 Å². The summed E-state index contributed by atoms with van der Waals surface area (Å²) < 4.78 is 44.4. The summed E-state index contributed by atoms with van der Waals surface area (Å²) in [5.41, 5.74) is -2.27. The van der Waals surface area contributed by atoms with Gasteiger partial charge in [-0.3, -0.25) is 38.4 Å². The maximum atomic E-state index is 12.3. The van der Waals surface area contributed by atoms with Crippen LogP contribution in [0, 0.1) is 0 Å². The van der Waals surface area contributed by atoms with Crippen molar-refractivity contribution in [1.82, 2.24) is 10.6 Å². The van der Waals surface area contributed by atoms with E-state index in [2.05, 4.69) is 10.6 Å². The number of carbonyl (C=O) groups is 8. The third-order valence-electron chi connectivity index (χ3n) is 6.39. The zero-order valence-corrected chi connectivity index (χ0v) is 29.2. The van der Waals surface area contributed by atoms with Crippen LogP contribution in [-0.2, 0) is 76.3 Å². The Bertz CT molecular complexity index is 1140. The molecule has 270 valence electrons. The van der Waals surface area contributed by atoms with E-state index in [1.165, 1.54) is 13.8 Å². The molecule has 20 heteroatoms. The molecule has 0 aromatic heterocycles. The Morgan fingerprint density at radius 1 is 0.479 bits per heavy atom. The van der Waals surface area contributed by atoms with E-state index in [-0.39, 0.29) is 0 Å². The number of rotatable bonds is 13. The van der Waals surface area contributed by atoms with Crippen molar-refractivity contribution in [3.63, 3.8) is 0 Å². The summed E-state index contributed by atoms with van der Waals surface area (Å²) in [5, 5.41) is 5.29. The predicted molar refractivity (Wildman–Crippen MR) is 163 cm³/mol. The van der Waals surface area contributed by atoms with Crippen LogP contribution in [0.1, 0.15) is 55.4 Å². The predicted octanol–water partition coefficient (Wildman–Crippen LogP) is -0.320. The summed E-state index contributed by atoms with van der Waals surface area (Å²) in [5.74, 6) is -5.62. The van der Waals surface area contributed by atoms with Crippen molar-refractivity contribution < 1.29 is 76.3 Å². The van der Waals surface area contributed by atoms with Gasteiger partial charge in [0.1, 0.15) is 48.4 Å². The molecule has 2 heterocycles. The number of ether oxygens (including phenoxy) is 8. The van der Waals surface area contributed by atoms with Gasteiger partial charge in [0.2, 0.25) is 11.8 Å². The van der Waals surface area contributed by atoms with Gasteiger partial charge in [0.15, 0.2) is 24.4 Å². The molecule has 2 saturated heterocycles. The van der Waals surface area contributed by atoms with Crippen molar-refractivity contribution in [1.29, 1.82) is 0 Å². The second kappa shape index (κ2) is 18.8. The van der Waals surface area contributed by atoms with Crippen LogP contribution in [0.4, 0.5) is 0 Å². The first-order valence-electron chi connectivity index (χ1n) is 14.5. The molecular formula is C28H40N2O16S2. The Hall–Kier alpha value is -3.62. The fourth-order valence-electron chi connectivity index (χ4n) is 4.86. The van der Waals surface area contributed by atoms with E-state index >= 15 is 0 Å². The lowest BCUT2D eigenvalue weighted by Crippen LogP contribution is -2.66. The molecule has 10 atom stereocenters. The number of hydrogen-bond acceptors (Lipinski definition) is 18. The molecule has 0 bridgehead atoms. The van der Waals surface area contributed by atoms with Crippen LogP contribution in [0.15, 0.2) is 0 Å². The van der Waals surface area contributed by atoms with Gasteiger partial charge in [0.25, 0.3) is 0 Å². The van der Waals surface area contributed by atoms with E-state index in [0.29, 0.717) is 0 Å². The molecular weight excluding hydrogens is 684 g/mol. The average molecular weight is 725 g/mol. The van der Waals surface area contributed by atoms with Crippen molar-refractivity contribution in [3.05, 3.63) is 0 Å². The Morgan fingerprint density at radius 3 is 1.02 bits per heavy atom. The summed E-state index contributed by atoms with van der Waals surface area (Å²) in [4.78, 5) is 96.5. The molecule has 10 unspecified atom stereocenters. The monoisotopic (exact) mass is 724 g/mol. The van der Waals surface area contributed by atoms with Crippen LogP contribution < -0.4 is 10.6 Å². The normalized spacial score (nSPS) is 29.7. The SMILES string of the molecule is CC(=O)NC1C(SSC2OC(COC(C)=O)C(OC(C)=O)C(OC(C)=O)C2NC(C)=O)OC(COC(C)=O)C(OC(C)=O)C1OC(C)=O. The van der Waals surface area contributed by atoms with Crippen LogP contribution >= 0.6 is 21.6 Å². The molecule has 48 heavy (non-hydrogen) atoms. The molecule has 2 rings (SSSR count). The number of amides is 2. The zero-order chi connectivity index (χ0) is 36.3. The number of esters is 6. The fraction of sp³-hybridized carbons (Fsp3) is 0.714. The van der Waals surface area contributed by atoms with E-state index in [9.17, 15) is 38.4 Å². The number of nitrogens with one attached hydrogen (secondary N) is 2. The lowest BCUT2D eigenvalue weighted by atomic mass is 9.97. The molecule has 2 aliphatic heterocycles. The van der Waals surface area contributed by atoms with Gasteiger partial charge in [-0.15, -0.1) is 0 Å². The minimum atomic E-state index is -1.33. The second-order valence-electron chi connectivity index (χ2n) is 10.6. The van der Waals surface area contributed by atoms with Crippen molar-refractivity contribution in [3.8, 4) is 0 Å². The first kappa shape index (κ1) is 40.6. The van der Waals surface area contributed by atoms with Gasteiger partial charge in [-0.25, -0.2) is 0 Å². The summed E-state index contributed by atoms with van der Waals surface area (Å²) in [6.45, 7) is 8.24. The Labute approximate surface area is 284 Å². The van der Waals surface area contributed by atoms with Gasteiger partial charge in [0.05, 0.1) is 0 Å². The van der Waals surface area contributed by atoms with Crippen LogP contribution in [0.25, 0.3) is 0 Å². The zero-order valence-electron chi connectivity index (χ0n) is 27.5. The van der Waals surface area contributed by atoms with Gasteiger partial charge in [-0.05, 0) is 0 Å². The maximum absolute atomic E-state index is 12.3. The second-order valence-corrected chi connectivity index (χ2v) is 13.1. The fourth-order valence-corrected chi connectivity index (χ4v) is 7.78. The van der Waals surface area contributed by atoms with Gasteiger partial charge in [0, 0.05) is 55.4 Å². The minimum absolute atomic E-state index is 0.433. The van der Waals surface area contributed by atoms with E-state index in [0.717, 1.165) is 63.1 Å². The number of hydrogen-bond donors (Lipinski definition) is 2. The largest absolute Gasteiger partial charge is 0.463 e. The van der Waals surface area contributed by atoms with Crippen LogP contribution in [-0.4, -0.2) is 120 Å². The summed E-state index contributed by atoms with van der Waals surface area (Å²) in [6.07, 6.45) is -7.70. The summed E-state index contributed by atoms with van der Waals surface area (Å²) >= 11 is 0. The molecule has 0 saturated carbocycles. The lowest BCUT2D eigenvalue weighted by molar-refractivity contribution is -0.212. The summed E-state index contributed by atoms with van der Waals surface area (Å²) in [6, 6.07) is -2.33. The molecule has 2 fully saturated rings. The van der Waals surface area contributed by atoms with Gasteiger partial charge >= 0.3 is 35.8 Å². The average Bonchev–Trinajstić information content (AvgIpc) is 2.93. The van der Waals surface area contributed by atoms with E-state index < -0.39 is 120 Å². The van der Waals surface area contributed by atoms with Crippen molar-refractivity contribution in [2.45, 2.75) is 115 Å². The van der Waals surface area contributed by atoms with Crippen LogP contribution in [0.3, 0.4) is 0 Å². The lowest BCUT2D eigenvalue weighted by Gasteiger charge is -2.46. The van der Waals surface area contributed by atoms with E-state index in [1.54, 1.807) is 0 Å². The first-order chi connectivity index (χ1) is 22.4. The standard InChI is InChI=1S/C28H40N2O16S2/c1-11(31)29-21-25(43-17(7)37)23(41-15(5)35)19(9-39-13(3)33)45-27(21)47-48-28-22(30-12(2)32)26(44-18(8)38)24(42-16(6)36)20(46-28)10-40-14(4)34/h19-28H,9-10H2,1-8H3,(H,29,31)(H,30,32). The smallest absolute Gasteiger partial charge is 0.303 e. The van der Waals surface area contributed by atoms with Crippen LogP contribution in [0.2, 0.25) is 0 Å². The maximum Gasteiger partial charge on any atom is 0.303 e. The molecule has 0 aromatic rings. The minimum Gasteiger partial charge on any atom is -0.463 e. The highest BCUT2D eigenvalue weighted by molar-refractivity contribution is 8.77. The van der Waals surface area contributed by atoms with Gasteiger partial charge in [-0.2, -0.15) is 0 Å². The molecule has 2 amide bonds. The van der Waals surface area contributed by atoms with Crippen molar-refractivity contribution in [2.75, 3.05) is 13.2 Å². The Morgan fingerprint density at radius 2 is 0.771 bits per heavy atom. The highest BCUT2D eigenvalue weighted by Gasteiger charge is 2.54. The first-order valence-corrected chi connectivity index (χ1v) is 16.8. The van der Waals surface area contributed by atoms with Crippen LogP contribution in [0.5, 0.6) is 0 Å². The molecule has 2 aliphatic rings. The van der Waals surface area contributed by atoms with Crippen molar-refractivity contribution in [2.24, 2.45) is 0 Å². The van der Waals surface area contributed by atoms with Gasteiger partial charge in [-0.1, -0.05) is 21.6 Å².